The second-order valence-electron chi connectivity index (χ2n) is 5.49. The molecule has 2 amide bonds. The summed E-state index contributed by atoms with van der Waals surface area (Å²) in [6, 6.07) is 5.40. The molecule has 4 heteroatoms. The predicted molar refractivity (Wildman–Crippen MR) is 69.5 cm³/mol. The smallest absolute Gasteiger partial charge is 0.260 e. The van der Waals surface area contributed by atoms with Crippen molar-refractivity contribution < 1.29 is 14.7 Å². The van der Waals surface area contributed by atoms with E-state index in [-0.39, 0.29) is 18.2 Å². The van der Waals surface area contributed by atoms with Crippen molar-refractivity contribution in [1.29, 1.82) is 0 Å². The van der Waals surface area contributed by atoms with Crippen molar-refractivity contribution in [3.05, 3.63) is 34.9 Å². The van der Waals surface area contributed by atoms with Crippen LogP contribution < -0.4 is 0 Å². The molecule has 1 aliphatic heterocycles. The molecule has 3 rings (SSSR count). The fraction of sp³-hybridized carbons (Fsp3) is 0.467. The van der Waals surface area contributed by atoms with Crippen LogP contribution in [0, 0.1) is 5.92 Å². The standard InChI is InChI=1S/C15H17NO3/c1-16-13(17)8-10-5-6-11(7-12(10)15(16)19)14(18)9-3-2-4-9/h5-7,9,14,18H,2-4,8H2,1H3. The largest absolute Gasteiger partial charge is 0.388 e. The van der Waals surface area contributed by atoms with Crippen LogP contribution in [0.3, 0.4) is 0 Å². The summed E-state index contributed by atoms with van der Waals surface area (Å²) >= 11 is 0. The predicted octanol–water partition coefficient (Wildman–Crippen LogP) is 1.67. The first-order valence-corrected chi connectivity index (χ1v) is 6.69. The second kappa shape index (κ2) is 4.46. The molecule has 2 aliphatic rings. The minimum absolute atomic E-state index is 0.176. The Balaban J connectivity index is 1.94. The number of fused-ring (bicyclic) bond motifs is 1. The van der Waals surface area contributed by atoms with Gasteiger partial charge in [0.05, 0.1) is 12.5 Å². The molecule has 0 bridgehead atoms. The van der Waals surface area contributed by atoms with E-state index in [0.717, 1.165) is 28.9 Å². The van der Waals surface area contributed by atoms with Gasteiger partial charge in [0.25, 0.3) is 5.91 Å². The van der Waals surface area contributed by atoms with Crippen LogP contribution in [-0.4, -0.2) is 28.9 Å². The van der Waals surface area contributed by atoms with Crippen LogP contribution >= 0.6 is 0 Å². The Morgan fingerprint density at radius 3 is 2.68 bits per heavy atom. The molecule has 1 atom stereocenters. The Morgan fingerprint density at radius 1 is 1.32 bits per heavy atom. The zero-order chi connectivity index (χ0) is 13.6. The van der Waals surface area contributed by atoms with Gasteiger partial charge in [0.1, 0.15) is 0 Å². The van der Waals surface area contributed by atoms with Crippen LogP contribution in [0.4, 0.5) is 0 Å². The van der Waals surface area contributed by atoms with Gasteiger partial charge >= 0.3 is 0 Å². The van der Waals surface area contributed by atoms with E-state index in [9.17, 15) is 14.7 Å². The van der Waals surface area contributed by atoms with Crippen molar-refractivity contribution in [3.8, 4) is 0 Å². The summed E-state index contributed by atoms with van der Waals surface area (Å²) in [5, 5.41) is 10.3. The number of aliphatic hydroxyl groups is 1. The SMILES string of the molecule is CN1C(=O)Cc2ccc(C(O)C3CCC3)cc2C1=O. The van der Waals surface area contributed by atoms with Crippen LogP contribution in [0.15, 0.2) is 18.2 Å². The number of amides is 2. The highest BCUT2D eigenvalue weighted by atomic mass is 16.3. The topological polar surface area (TPSA) is 57.6 Å². The molecule has 1 aromatic rings. The van der Waals surface area contributed by atoms with Gasteiger partial charge in [-0.05, 0) is 36.0 Å². The fourth-order valence-corrected chi connectivity index (χ4v) is 2.73. The Kier molecular flexibility index (Phi) is 2.90. The summed E-state index contributed by atoms with van der Waals surface area (Å²) in [6.45, 7) is 0. The van der Waals surface area contributed by atoms with Gasteiger partial charge in [0.15, 0.2) is 0 Å². The molecule has 1 fully saturated rings. The number of aliphatic hydroxyl groups excluding tert-OH is 1. The molecule has 1 N–H and O–H groups in total. The van der Waals surface area contributed by atoms with E-state index in [1.54, 1.807) is 12.1 Å². The summed E-state index contributed by atoms with van der Waals surface area (Å²) in [4.78, 5) is 24.8. The number of carbonyl (C=O) groups excluding carboxylic acids is 2. The highest BCUT2D eigenvalue weighted by Gasteiger charge is 2.31. The second-order valence-corrected chi connectivity index (χ2v) is 5.49. The maximum Gasteiger partial charge on any atom is 0.260 e. The van der Waals surface area contributed by atoms with Gasteiger partial charge in [-0.15, -0.1) is 0 Å². The summed E-state index contributed by atoms with van der Waals surface area (Å²) in [5.74, 6) is -0.130. The molecule has 100 valence electrons. The van der Waals surface area contributed by atoms with E-state index in [1.165, 1.54) is 13.5 Å². The molecule has 0 radical (unpaired) electrons. The van der Waals surface area contributed by atoms with Crippen molar-refractivity contribution in [3.63, 3.8) is 0 Å². The van der Waals surface area contributed by atoms with E-state index in [4.69, 9.17) is 0 Å². The normalized spacial score (nSPS) is 21.1. The van der Waals surface area contributed by atoms with Gasteiger partial charge in [-0.25, -0.2) is 0 Å². The van der Waals surface area contributed by atoms with Crippen LogP contribution in [0.1, 0.15) is 46.9 Å². The van der Waals surface area contributed by atoms with Crippen molar-refractivity contribution in [2.75, 3.05) is 7.05 Å². The number of carbonyl (C=O) groups is 2. The Hall–Kier alpha value is -1.68. The van der Waals surface area contributed by atoms with Crippen molar-refractivity contribution in [1.82, 2.24) is 4.90 Å². The molecule has 1 unspecified atom stereocenters. The van der Waals surface area contributed by atoms with Gasteiger partial charge in [0, 0.05) is 12.6 Å². The Labute approximate surface area is 112 Å². The molecule has 1 saturated carbocycles. The number of hydrogen-bond acceptors (Lipinski definition) is 3. The number of rotatable bonds is 2. The van der Waals surface area contributed by atoms with E-state index < -0.39 is 6.10 Å². The van der Waals surface area contributed by atoms with E-state index >= 15 is 0 Å². The monoisotopic (exact) mass is 259 g/mol. The lowest BCUT2D eigenvalue weighted by molar-refractivity contribution is -0.127. The van der Waals surface area contributed by atoms with Crippen LogP contribution in [0.5, 0.6) is 0 Å². The number of nitrogens with zero attached hydrogens (tertiary/aromatic N) is 1. The summed E-state index contributed by atoms with van der Waals surface area (Å²) in [5.41, 5.74) is 2.11. The minimum Gasteiger partial charge on any atom is -0.388 e. The third kappa shape index (κ3) is 1.96. The molecular weight excluding hydrogens is 242 g/mol. The molecule has 1 aliphatic carbocycles. The number of benzene rings is 1. The molecule has 0 aromatic heterocycles. The third-order valence-corrected chi connectivity index (χ3v) is 4.32. The Bertz CT molecular complexity index is 548. The lowest BCUT2D eigenvalue weighted by Gasteiger charge is -2.31. The van der Waals surface area contributed by atoms with Gasteiger partial charge in [-0.2, -0.15) is 0 Å². The summed E-state index contributed by atoms with van der Waals surface area (Å²) < 4.78 is 0. The van der Waals surface area contributed by atoms with E-state index in [1.807, 2.05) is 6.07 Å². The number of imide groups is 1. The molecule has 0 spiro atoms. The summed E-state index contributed by atoms with van der Waals surface area (Å²) in [7, 11) is 1.50. The maximum absolute atomic E-state index is 12.1. The lowest BCUT2D eigenvalue weighted by Crippen LogP contribution is -2.39. The zero-order valence-electron chi connectivity index (χ0n) is 10.9. The zero-order valence-corrected chi connectivity index (χ0v) is 10.9. The first-order chi connectivity index (χ1) is 9.08. The minimum atomic E-state index is -0.491. The molecule has 1 heterocycles. The van der Waals surface area contributed by atoms with Crippen molar-refractivity contribution in [2.24, 2.45) is 5.92 Å². The third-order valence-electron chi connectivity index (χ3n) is 4.32. The maximum atomic E-state index is 12.1. The molecular formula is C15H17NO3. The van der Waals surface area contributed by atoms with Gasteiger partial charge < -0.3 is 5.11 Å². The first kappa shape index (κ1) is 12.4. The van der Waals surface area contributed by atoms with E-state index in [0.29, 0.717) is 11.5 Å². The fourth-order valence-electron chi connectivity index (χ4n) is 2.73. The van der Waals surface area contributed by atoms with Crippen LogP contribution in [0.25, 0.3) is 0 Å². The van der Waals surface area contributed by atoms with Crippen molar-refractivity contribution >= 4 is 11.8 Å². The molecule has 1 aromatic carbocycles. The first-order valence-electron chi connectivity index (χ1n) is 6.69. The van der Waals surface area contributed by atoms with Gasteiger partial charge in [0.2, 0.25) is 5.91 Å². The van der Waals surface area contributed by atoms with Gasteiger partial charge in [-0.3, -0.25) is 14.5 Å². The highest BCUT2D eigenvalue weighted by molar-refractivity contribution is 6.09. The molecule has 0 saturated heterocycles. The van der Waals surface area contributed by atoms with E-state index in [2.05, 4.69) is 0 Å². The Morgan fingerprint density at radius 2 is 2.05 bits per heavy atom. The average Bonchev–Trinajstić information content (AvgIpc) is 2.33. The highest BCUT2D eigenvalue weighted by Crippen LogP contribution is 2.38. The lowest BCUT2D eigenvalue weighted by atomic mass is 9.78. The van der Waals surface area contributed by atoms with Crippen molar-refractivity contribution in [2.45, 2.75) is 31.8 Å². The number of hydrogen-bond donors (Lipinski definition) is 1. The molecule has 4 nitrogen and oxygen atoms in total. The quantitative estimate of drug-likeness (QED) is 0.822. The average molecular weight is 259 g/mol. The van der Waals surface area contributed by atoms with Crippen LogP contribution in [-0.2, 0) is 11.2 Å². The number of likely N-dealkylation sites (N-methyl/N-ethyl adjacent to an activating group) is 1. The van der Waals surface area contributed by atoms with Crippen LogP contribution in [0.2, 0.25) is 0 Å². The molecule has 19 heavy (non-hydrogen) atoms. The summed E-state index contributed by atoms with van der Waals surface area (Å²) in [6.07, 6.45) is 3.03. The van der Waals surface area contributed by atoms with Gasteiger partial charge in [-0.1, -0.05) is 18.6 Å².